The Morgan fingerprint density at radius 3 is 2.77 bits per heavy atom. The number of aromatic nitrogens is 2. The molecule has 0 saturated heterocycles. The third-order valence-electron chi connectivity index (χ3n) is 3.38. The van der Waals surface area contributed by atoms with Gasteiger partial charge in [-0.25, -0.2) is 9.48 Å². The minimum atomic E-state index is -1.02. The number of rotatable bonds is 3. The van der Waals surface area contributed by atoms with Gasteiger partial charge in [-0.3, -0.25) is 4.79 Å². The Kier molecular flexibility index (Phi) is 3.77. The molecule has 0 fully saturated rings. The van der Waals surface area contributed by atoms with Gasteiger partial charge >= 0.3 is 5.97 Å². The molecular weight excluding hydrogens is 348 g/mol. The van der Waals surface area contributed by atoms with Crippen LogP contribution in [0.15, 0.2) is 57.9 Å². The van der Waals surface area contributed by atoms with Crippen LogP contribution in [-0.2, 0) is 6.54 Å². The molecule has 5 nitrogen and oxygen atoms in total. The molecule has 0 amide bonds. The summed E-state index contributed by atoms with van der Waals surface area (Å²) in [5.41, 5.74) is 0.471. The summed E-state index contributed by atoms with van der Waals surface area (Å²) in [6.07, 6.45) is 1.60. The minimum Gasteiger partial charge on any atom is -0.478 e. The van der Waals surface area contributed by atoms with Crippen molar-refractivity contribution in [2.45, 2.75) is 6.54 Å². The van der Waals surface area contributed by atoms with Crippen LogP contribution in [0.1, 0.15) is 15.9 Å². The molecule has 3 aromatic rings. The lowest BCUT2D eigenvalue weighted by atomic mass is 10.1. The van der Waals surface area contributed by atoms with Crippen LogP contribution in [0.2, 0.25) is 0 Å². The molecule has 0 unspecified atom stereocenters. The van der Waals surface area contributed by atoms with Gasteiger partial charge in [0.1, 0.15) is 0 Å². The number of carboxylic acid groups (broad SMARTS) is 1. The molecule has 22 heavy (non-hydrogen) atoms. The van der Waals surface area contributed by atoms with E-state index in [1.165, 1.54) is 10.7 Å². The van der Waals surface area contributed by atoms with Crippen molar-refractivity contribution < 1.29 is 9.90 Å². The molecule has 0 radical (unpaired) electrons. The van der Waals surface area contributed by atoms with Crippen molar-refractivity contribution in [1.82, 2.24) is 9.78 Å². The van der Waals surface area contributed by atoms with Crippen molar-refractivity contribution in [3.63, 3.8) is 0 Å². The van der Waals surface area contributed by atoms with Crippen LogP contribution >= 0.6 is 15.9 Å². The molecule has 0 aliphatic heterocycles. The Labute approximate surface area is 134 Å². The first-order chi connectivity index (χ1) is 10.6. The molecule has 6 heteroatoms. The van der Waals surface area contributed by atoms with Crippen molar-refractivity contribution in [3.05, 3.63) is 74.6 Å². The first-order valence-electron chi connectivity index (χ1n) is 6.53. The Hall–Kier alpha value is -2.47. The average Bonchev–Trinajstić information content (AvgIpc) is 2.50. The van der Waals surface area contributed by atoms with E-state index in [1.54, 1.807) is 36.5 Å². The number of aromatic carboxylic acids is 1. The van der Waals surface area contributed by atoms with Gasteiger partial charge in [0.2, 0.25) is 0 Å². The highest BCUT2D eigenvalue weighted by atomic mass is 79.9. The number of carbonyl (C=O) groups is 1. The third kappa shape index (κ3) is 2.65. The molecule has 2 aromatic carbocycles. The molecule has 0 saturated carbocycles. The van der Waals surface area contributed by atoms with E-state index in [0.717, 1.165) is 9.86 Å². The predicted octanol–water partition coefficient (Wildman–Crippen LogP) is 2.91. The Balaban J connectivity index is 2.09. The van der Waals surface area contributed by atoms with Crippen LogP contribution in [0, 0.1) is 0 Å². The van der Waals surface area contributed by atoms with Crippen LogP contribution in [0.3, 0.4) is 0 Å². The predicted molar refractivity (Wildman–Crippen MR) is 86.2 cm³/mol. The summed E-state index contributed by atoms with van der Waals surface area (Å²) in [6.45, 7) is 0.118. The molecule has 1 heterocycles. The van der Waals surface area contributed by atoms with E-state index in [4.69, 9.17) is 0 Å². The maximum atomic E-state index is 12.5. The second-order valence-corrected chi connectivity index (χ2v) is 5.72. The zero-order valence-electron chi connectivity index (χ0n) is 11.4. The fourth-order valence-electron chi connectivity index (χ4n) is 2.30. The molecule has 0 spiro atoms. The third-order valence-corrected chi connectivity index (χ3v) is 3.88. The van der Waals surface area contributed by atoms with Gasteiger partial charge in [-0.05, 0) is 29.8 Å². The summed E-state index contributed by atoms with van der Waals surface area (Å²) in [7, 11) is 0. The van der Waals surface area contributed by atoms with Gasteiger partial charge in [-0.1, -0.05) is 34.1 Å². The summed E-state index contributed by atoms with van der Waals surface area (Å²) < 4.78 is 2.15. The average molecular weight is 359 g/mol. The molecule has 0 bridgehead atoms. The highest BCUT2D eigenvalue weighted by molar-refractivity contribution is 9.10. The van der Waals surface area contributed by atoms with Gasteiger partial charge in [-0.15, -0.1) is 0 Å². The van der Waals surface area contributed by atoms with Crippen molar-refractivity contribution in [1.29, 1.82) is 0 Å². The van der Waals surface area contributed by atoms with Crippen LogP contribution in [0.4, 0.5) is 0 Å². The van der Waals surface area contributed by atoms with Crippen molar-refractivity contribution in [2.24, 2.45) is 0 Å². The largest absolute Gasteiger partial charge is 0.478 e. The number of halogens is 1. The molecule has 110 valence electrons. The maximum Gasteiger partial charge on any atom is 0.336 e. The number of carboxylic acids is 1. The minimum absolute atomic E-state index is 0.118. The van der Waals surface area contributed by atoms with E-state index >= 15 is 0 Å². The Morgan fingerprint density at radius 1 is 1.23 bits per heavy atom. The molecule has 3 rings (SSSR count). The zero-order chi connectivity index (χ0) is 15.7. The van der Waals surface area contributed by atoms with Crippen LogP contribution in [-0.4, -0.2) is 20.9 Å². The molecular formula is C16H11BrN2O3. The summed E-state index contributed by atoms with van der Waals surface area (Å²) >= 11 is 3.35. The van der Waals surface area contributed by atoms with Gasteiger partial charge < -0.3 is 5.11 Å². The highest BCUT2D eigenvalue weighted by Gasteiger charge is 2.11. The highest BCUT2D eigenvalue weighted by Crippen LogP contribution is 2.16. The van der Waals surface area contributed by atoms with Gasteiger partial charge in [0.15, 0.2) is 0 Å². The first-order valence-corrected chi connectivity index (χ1v) is 7.32. The normalized spacial score (nSPS) is 10.8. The van der Waals surface area contributed by atoms with E-state index in [0.29, 0.717) is 10.9 Å². The Morgan fingerprint density at radius 2 is 2.00 bits per heavy atom. The number of benzene rings is 2. The van der Waals surface area contributed by atoms with Gasteiger partial charge in [0.25, 0.3) is 5.56 Å². The van der Waals surface area contributed by atoms with Crippen LogP contribution in [0.25, 0.3) is 10.8 Å². The number of nitrogens with zero attached hydrogens (tertiary/aromatic N) is 2. The first kappa shape index (κ1) is 14.5. The summed E-state index contributed by atoms with van der Waals surface area (Å²) in [6, 6.07) is 11.9. The summed E-state index contributed by atoms with van der Waals surface area (Å²) in [5.74, 6) is -1.02. The standard InChI is InChI=1S/C16H11BrN2O3/c17-12-5-6-13-11(7-12)8-18-19(15(13)20)9-10-3-1-2-4-14(10)16(21)22/h1-8H,9H2,(H,21,22). The fourth-order valence-corrected chi connectivity index (χ4v) is 2.68. The van der Waals surface area contributed by atoms with Crippen LogP contribution < -0.4 is 5.56 Å². The van der Waals surface area contributed by atoms with Gasteiger partial charge in [0.05, 0.1) is 23.7 Å². The van der Waals surface area contributed by atoms with E-state index in [9.17, 15) is 14.7 Å². The van der Waals surface area contributed by atoms with Crippen molar-refractivity contribution >= 4 is 32.7 Å². The number of hydrogen-bond donors (Lipinski definition) is 1. The summed E-state index contributed by atoms with van der Waals surface area (Å²) in [4.78, 5) is 23.7. The van der Waals surface area contributed by atoms with Crippen LogP contribution in [0.5, 0.6) is 0 Å². The van der Waals surface area contributed by atoms with E-state index in [1.807, 2.05) is 6.07 Å². The zero-order valence-corrected chi connectivity index (χ0v) is 12.9. The molecule has 1 aromatic heterocycles. The molecule has 0 aliphatic rings. The molecule has 0 aliphatic carbocycles. The SMILES string of the molecule is O=C(O)c1ccccc1Cn1ncc2cc(Br)ccc2c1=O. The quantitative estimate of drug-likeness (QED) is 0.781. The number of hydrogen-bond acceptors (Lipinski definition) is 3. The smallest absolute Gasteiger partial charge is 0.336 e. The lowest BCUT2D eigenvalue weighted by Gasteiger charge is -2.08. The topological polar surface area (TPSA) is 72.2 Å². The van der Waals surface area contributed by atoms with E-state index < -0.39 is 5.97 Å². The van der Waals surface area contributed by atoms with Crippen molar-refractivity contribution in [2.75, 3.05) is 0 Å². The molecule has 1 N–H and O–H groups in total. The second kappa shape index (κ2) is 5.73. The fraction of sp³-hybridized carbons (Fsp3) is 0.0625. The van der Waals surface area contributed by atoms with E-state index in [-0.39, 0.29) is 17.7 Å². The van der Waals surface area contributed by atoms with Gasteiger partial charge in [0, 0.05) is 9.86 Å². The Bertz CT molecular complexity index is 934. The van der Waals surface area contributed by atoms with Crippen molar-refractivity contribution in [3.8, 4) is 0 Å². The lowest BCUT2D eigenvalue weighted by Crippen LogP contribution is -2.24. The lowest BCUT2D eigenvalue weighted by molar-refractivity contribution is 0.0695. The summed E-state index contributed by atoms with van der Waals surface area (Å²) in [5, 5.41) is 14.6. The molecule has 0 atom stereocenters. The maximum absolute atomic E-state index is 12.5. The second-order valence-electron chi connectivity index (χ2n) is 4.80. The van der Waals surface area contributed by atoms with Gasteiger partial charge in [-0.2, -0.15) is 5.10 Å². The monoisotopic (exact) mass is 358 g/mol. The van der Waals surface area contributed by atoms with E-state index in [2.05, 4.69) is 21.0 Å². The number of fused-ring (bicyclic) bond motifs is 1.